The normalized spacial score (nSPS) is 11.4. The first kappa shape index (κ1) is 10.4. The van der Waals surface area contributed by atoms with Gasteiger partial charge in [-0.3, -0.25) is 4.99 Å². The Morgan fingerprint density at radius 2 is 2.00 bits per heavy atom. The summed E-state index contributed by atoms with van der Waals surface area (Å²) in [6.07, 6.45) is 0. The van der Waals surface area contributed by atoms with Gasteiger partial charge in [-0.2, -0.15) is 0 Å². The molecular formula is C11H12FNO. The summed E-state index contributed by atoms with van der Waals surface area (Å²) >= 11 is 0. The highest BCUT2D eigenvalue weighted by molar-refractivity contribution is 6.10. The van der Waals surface area contributed by atoms with Gasteiger partial charge in [0, 0.05) is 12.1 Å². The molecule has 3 heteroatoms. The van der Waals surface area contributed by atoms with Crippen molar-refractivity contribution in [1.29, 1.82) is 0 Å². The molecule has 0 saturated heterocycles. The van der Waals surface area contributed by atoms with Crippen molar-refractivity contribution in [2.75, 3.05) is 6.54 Å². The molecule has 0 spiro atoms. The zero-order chi connectivity index (χ0) is 10.6. The second kappa shape index (κ2) is 4.56. The number of halogens is 1. The lowest BCUT2D eigenvalue weighted by Crippen LogP contribution is -2.04. The molecule has 1 rings (SSSR count). The summed E-state index contributed by atoms with van der Waals surface area (Å²) in [5.41, 5.74) is 1.08. The molecule has 0 atom stereocenters. The Morgan fingerprint density at radius 3 is 2.43 bits per heavy atom. The fourth-order valence-electron chi connectivity index (χ4n) is 1.12. The molecule has 0 saturated carbocycles. The van der Waals surface area contributed by atoms with Crippen LogP contribution in [0.3, 0.4) is 0 Å². The van der Waals surface area contributed by atoms with Gasteiger partial charge in [-0.1, -0.05) is 6.58 Å². The van der Waals surface area contributed by atoms with Gasteiger partial charge < -0.3 is 5.11 Å². The van der Waals surface area contributed by atoms with Crippen molar-refractivity contribution in [3.05, 3.63) is 48.0 Å². The van der Waals surface area contributed by atoms with Crippen LogP contribution in [-0.2, 0) is 0 Å². The van der Waals surface area contributed by atoms with Gasteiger partial charge in [0.1, 0.15) is 17.3 Å². The fraction of sp³-hybridized carbons (Fsp3) is 0.182. The smallest absolute Gasteiger partial charge is 0.134 e. The predicted octanol–water partition coefficient (Wildman–Crippen LogP) is 2.71. The molecule has 1 aromatic rings. The number of aliphatic hydroxyl groups is 1. The van der Waals surface area contributed by atoms with Gasteiger partial charge in [-0.25, -0.2) is 4.39 Å². The van der Waals surface area contributed by atoms with Gasteiger partial charge in [0.25, 0.3) is 0 Å². The molecule has 0 bridgehead atoms. The summed E-state index contributed by atoms with van der Waals surface area (Å²) in [6.45, 7) is 5.81. The van der Waals surface area contributed by atoms with Crippen molar-refractivity contribution in [3.8, 4) is 0 Å². The molecule has 74 valence electrons. The summed E-state index contributed by atoms with van der Waals surface area (Å²) < 4.78 is 12.6. The third-order valence-corrected chi connectivity index (χ3v) is 1.71. The van der Waals surface area contributed by atoms with Crippen molar-refractivity contribution in [3.63, 3.8) is 0 Å². The maximum absolute atomic E-state index is 12.6. The van der Waals surface area contributed by atoms with Gasteiger partial charge >= 0.3 is 0 Å². The van der Waals surface area contributed by atoms with Crippen LogP contribution < -0.4 is 0 Å². The lowest BCUT2D eigenvalue weighted by molar-refractivity contribution is 0.446. The van der Waals surface area contributed by atoms with Gasteiger partial charge in [-0.15, -0.1) is 0 Å². The average molecular weight is 193 g/mol. The first-order valence-electron chi connectivity index (χ1n) is 4.33. The Kier molecular flexibility index (Phi) is 3.40. The van der Waals surface area contributed by atoms with Crippen LogP contribution in [0.25, 0.3) is 0 Å². The van der Waals surface area contributed by atoms with Gasteiger partial charge in [0.2, 0.25) is 0 Å². The highest BCUT2D eigenvalue weighted by Gasteiger charge is 2.05. The number of benzene rings is 1. The molecule has 2 nitrogen and oxygen atoms in total. The second-order valence-electron chi connectivity index (χ2n) is 2.78. The zero-order valence-corrected chi connectivity index (χ0v) is 8.00. The van der Waals surface area contributed by atoms with E-state index in [1.54, 1.807) is 12.1 Å². The van der Waals surface area contributed by atoms with Crippen LogP contribution in [0.2, 0.25) is 0 Å². The third-order valence-electron chi connectivity index (χ3n) is 1.71. The molecule has 0 aromatic heterocycles. The van der Waals surface area contributed by atoms with Crippen LogP contribution in [0, 0.1) is 5.82 Å². The van der Waals surface area contributed by atoms with Crippen LogP contribution in [0.4, 0.5) is 4.39 Å². The van der Waals surface area contributed by atoms with Crippen molar-refractivity contribution >= 4 is 5.71 Å². The van der Waals surface area contributed by atoms with Crippen LogP contribution in [0.1, 0.15) is 12.5 Å². The van der Waals surface area contributed by atoms with Crippen molar-refractivity contribution < 1.29 is 9.50 Å². The van der Waals surface area contributed by atoms with Crippen molar-refractivity contribution in [1.82, 2.24) is 0 Å². The van der Waals surface area contributed by atoms with E-state index in [0.717, 1.165) is 0 Å². The summed E-state index contributed by atoms with van der Waals surface area (Å²) in [5.74, 6) is -0.411. The molecule has 0 fully saturated rings. The Balaban J connectivity index is 3.06. The molecule has 1 aromatic carbocycles. The minimum atomic E-state index is -0.312. The maximum atomic E-state index is 12.6. The lowest BCUT2D eigenvalue weighted by Gasteiger charge is -2.04. The first-order chi connectivity index (χ1) is 6.65. The van der Waals surface area contributed by atoms with Crippen LogP contribution in [-0.4, -0.2) is 17.4 Å². The third kappa shape index (κ3) is 2.42. The number of rotatable bonds is 3. The molecule has 1 N–H and O–H groups in total. The fourth-order valence-corrected chi connectivity index (χ4v) is 1.12. The minimum absolute atomic E-state index is 0.0986. The van der Waals surface area contributed by atoms with E-state index in [1.165, 1.54) is 12.1 Å². The molecule has 0 heterocycles. The zero-order valence-electron chi connectivity index (χ0n) is 8.00. The first-order valence-corrected chi connectivity index (χ1v) is 4.33. The molecule has 0 radical (unpaired) electrons. The Bertz CT molecular complexity index is 354. The van der Waals surface area contributed by atoms with E-state index in [9.17, 15) is 9.50 Å². The van der Waals surface area contributed by atoms with E-state index >= 15 is 0 Å². The van der Waals surface area contributed by atoms with E-state index < -0.39 is 0 Å². The highest BCUT2D eigenvalue weighted by atomic mass is 19.1. The summed E-state index contributed by atoms with van der Waals surface area (Å²) in [7, 11) is 0. The van der Waals surface area contributed by atoms with E-state index in [0.29, 0.717) is 17.8 Å². The minimum Gasteiger partial charge on any atom is -0.506 e. The number of allylic oxidation sites excluding steroid dienone is 1. The monoisotopic (exact) mass is 193 g/mol. The number of aliphatic imine (C=N–C) groups is 1. The van der Waals surface area contributed by atoms with E-state index in [-0.39, 0.29) is 11.6 Å². The molecule has 0 amide bonds. The topological polar surface area (TPSA) is 32.6 Å². The predicted molar refractivity (Wildman–Crippen MR) is 55.2 cm³/mol. The van der Waals surface area contributed by atoms with E-state index in [1.807, 2.05) is 6.92 Å². The van der Waals surface area contributed by atoms with Crippen LogP contribution in [0.15, 0.2) is 41.6 Å². The average Bonchev–Trinajstić information content (AvgIpc) is 2.15. The van der Waals surface area contributed by atoms with Gasteiger partial charge in [-0.05, 0) is 31.2 Å². The van der Waals surface area contributed by atoms with E-state index in [2.05, 4.69) is 11.6 Å². The number of hydrogen-bond donors (Lipinski definition) is 1. The van der Waals surface area contributed by atoms with Gasteiger partial charge in [0.05, 0.1) is 0 Å². The number of hydrogen-bond acceptors (Lipinski definition) is 2. The van der Waals surface area contributed by atoms with Crippen molar-refractivity contribution in [2.24, 2.45) is 4.99 Å². The highest BCUT2D eigenvalue weighted by Crippen LogP contribution is 2.08. The molecular weight excluding hydrogens is 181 g/mol. The standard InChI is InChI=1S/C11H12FNO/c1-3-13-11(8(2)14)9-4-6-10(12)7-5-9/h4-7,14H,2-3H2,1H3. The molecule has 0 aliphatic rings. The number of nitrogens with zero attached hydrogens (tertiary/aromatic N) is 1. The lowest BCUT2D eigenvalue weighted by atomic mass is 10.1. The Morgan fingerprint density at radius 1 is 1.43 bits per heavy atom. The summed E-state index contributed by atoms with van der Waals surface area (Å²) in [6, 6.07) is 5.77. The molecule has 14 heavy (non-hydrogen) atoms. The van der Waals surface area contributed by atoms with E-state index in [4.69, 9.17) is 0 Å². The van der Waals surface area contributed by atoms with Crippen LogP contribution in [0.5, 0.6) is 0 Å². The van der Waals surface area contributed by atoms with Crippen LogP contribution >= 0.6 is 0 Å². The Hall–Kier alpha value is -1.64. The van der Waals surface area contributed by atoms with Gasteiger partial charge in [0.15, 0.2) is 0 Å². The number of aliphatic hydroxyl groups excluding tert-OH is 1. The molecule has 0 aliphatic heterocycles. The summed E-state index contributed by atoms with van der Waals surface area (Å²) in [4.78, 5) is 4.07. The molecule has 0 aliphatic carbocycles. The largest absolute Gasteiger partial charge is 0.506 e. The quantitative estimate of drug-likeness (QED) is 0.581. The SMILES string of the molecule is C=C(O)C(=NCC)c1ccc(F)cc1. The Labute approximate surface area is 82.4 Å². The maximum Gasteiger partial charge on any atom is 0.134 e. The molecule has 0 unspecified atom stereocenters. The van der Waals surface area contributed by atoms with Crippen molar-refractivity contribution in [2.45, 2.75) is 6.92 Å². The second-order valence-corrected chi connectivity index (χ2v) is 2.78. The summed E-state index contributed by atoms with van der Waals surface area (Å²) in [5, 5.41) is 9.25.